The van der Waals surface area contributed by atoms with Gasteiger partial charge in [0.05, 0.1) is 7.11 Å². The Kier molecular flexibility index (Phi) is 6.28. The Morgan fingerprint density at radius 3 is 2.52 bits per heavy atom. The highest BCUT2D eigenvalue weighted by Crippen LogP contribution is 2.19. The van der Waals surface area contributed by atoms with Gasteiger partial charge in [0.15, 0.2) is 0 Å². The number of alkyl carbamates (subject to hydrolysis) is 1. The maximum absolute atomic E-state index is 11.7. The molecular formula is C20H26N2O3. The highest BCUT2D eigenvalue weighted by Gasteiger charge is 2.15. The second-order valence-corrected chi connectivity index (χ2v) is 6.72. The number of hydrogen-bond acceptors (Lipinski definition) is 4. The molecule has 134 valence electrons. The van der Waals surface area contributed by atoms with Crippen molar-refractivity contribution in [3.05, 3.63) is 59.7 Å². The van der Waals surface area contributed by atoms with Gasteiger partial charge in [-0.15, -0.1) is 0 Å². The van der Waals surface area contributed by atoms with E-state index < -0.39 is 11.7 Å². The molecule has 0 aliphatic heterocycles. The summed E-state index contributed by atoms with van der Waals surface area (Å²) in [6, 6.07) is 15.8. The van der Waals surface area contributed by atoms with E-state index in [2.05, 4.69) is 10.6 Å². The molecule has 0 saturated heterocycles. The Bertz CT molecular complexity index is 708. The van der Waals surface area contributed by atoms with Crippen LogP contribution in [0.15, 0.2) is 48.5 Å². The Hall–Kier alpha value is -2.69. The monoisotopic (exact) mass is 342 g/mol. The van der Waals surface area contributed by atoms with Crippen LogP contribution < -0.4 is 15.4 Å². The van der Waals surface area contributed by atoms with Gasteiger partial charge in [-0.1, -0.05) is 30.3 Å². The number of para-hydroxylation sites is 1. The first-order valence-corrected chi connectivity index (χ1v) is 8.29. The summed E-state index contributed by atoms with van der Waals surface area (Å²) in [4.78, 5) is 11.7. The average Bonchev–Trinajstić information content (AvgIpc) is 2.57. The molecule has 0 aromatic heterocycles. The molecule has 0 heterocycles. The van der Waals surface area contributed by atoms with E-state index in [1.54, 1.807) is 7.11 Å². The van der Waals surface area contributed by atoms with Crippen molar-refractivity contribution in [2.24, 2.45) is 0 Å². The van der Waals surface area contributed by atoms with E-state index in [0.717, 1.165) is 22.6 Å². The first-order valence-electron chi connectivity index (χ1n) is 8.29. The maximum Gasteiger partial charge on any atom is 0.407 e. The van der Waals surface area contributed by atoms with Crippen molar-refractivity contribution >= 4 is 11.8 Å². The van der Waals surface area contributed by atoms with Crippen molar-refractivity contribution < 1.29 is 14.3 Å². The van der Waals surface area contributed by atoms with Gasteiger partial charge in [-0.05, 0) is 44.5 Å². The number of hydrogen-bond donors (Lipinski definition) is 2. The minimum Gasteiger partial charge on any atom is -0.496 e. The zero-order valence-electron chi connectivity index (χ0n) is 15.3. The van der Waals surface area contributed by atoms with Crippen LogP contribution in [0.25, 0.3) is 0 Å². The molecule has 0 atom stereocenters. The Balaban J connectivity index is 1.91. The summed E-state index contributed by atoms with van der Waals surface area (Å²) < 4.78 is 10.6. The van der Waals surface area contributed by atoms with E-state index >= 15 is 0 Å². The summed E-state index contributed by atoms with van der Waals surface area (Å²) in [5.41, 5.74) is 2.56. The Labute approximate surface area is 149 Å². The number of rotatable bonds is 6. The molecule has 25 heavy (non-hydrogen) atoms. The fourth-order valence-electron chi connectivity index (χ4n) is 2.33. The van der Waals surface area contributed by atoms with Crippen LogP contribution in [-0.4, -0.2) is 18.8 Å². The third kappa shape index (κ3) is 6.37. The van der Waals surface area contributed by atoms with Crippen LogP contribution in [0.5, 0.6) is 5.75 Å². The standard InChI is InChI=1S/C20H26N2O3/c1-20(2,3)25-19(23)22-13-15-8-7-10-17(12-15)21-14-16-9-5-6-11-18(16)24-4/h5-12,21H,13-14H2,1-4H3,(H,22,23). The lowest BCUT2D eigenvalue weighted by Crippen LogP contribution is -2.32. The van der Waals surface area contributed by atoms with Crippen molar-refractivity contribution in [2.45, 2.75) is 39.5 Å². The first-order chi connectivity index (χ1) is 11.9. The number of carbonyl (C=O) groups excluding carboxylic acids is 1. The number of carbonyl (C=O) groups is 1. The zero-order chi connectivity index (χ0) is 18.3. The third-order valence-electron chi connectivity index (χ3n) is 3.44. The summed E-state index contributed by atoms with van der Waals surface area (Å²) >= 11 is 0. The van der Waals surface area contributed by atoms with Gasteiger partial charge in [0.2, 0.25) is 0 Å². The molecular weight excluding hydrogens is 316 g/mol. The maximum atomic E-state index is 11.7. The number of ether oxygens (including phenoxy) is 2. The molecule has 1 amide bonds. The van der Waals surface area contributed by atoms with Crippen molar-refractivity contribution in [3.63, 3.8) is 0 Å². The molecule has 2 aromatic rings. The fraction of sp³-hybridized carbons (Fsp3) is 0.350. The van der Waals surface area contributed by atoms with E-state index in [0.29, 0.717) is 13.1 Å². The van der Waals surface area contributed by atoms with Gasteiger partial charge in [0, 0.05) is 24.3 Å². The molecule has 0 radical (unpaired) electrons. The summed E-state index contributed by atoms with van der Waals surface area (Å²) in [5.74, 6) is 0.859. The lowest BCUT2D eigenvalue weighted by atomic mass is 10.1. The summed E-state index contributed by atoms with van der Waals surface area (Å²) in [6.07, 6.45) is -0.417. The van der Waals surface area contributed by atoms with Gasteiger partial charge >= 0.3 is 6.09 Å². The number of methoxy groups -OCH3 is 1. The quantitative estimate of drug-likeness (QED) is 0.820. The van der Waals surface area contributed by atoms with Crippen LogP contribution in [0.2, 0.25) is 0 Å². The van der Waals surface area contributed by atoms with E-state index in [1.807, 2.05) is 69.3 Å². The second-order valence-electron chi connectivity index (χ2n) is 6.72. The van der Waals surface area contributed by atoms with Crippen molar-refractivity contribution in [1.82, 2.24) is 5.32 Å². The molecule has 2 N–H and O–H groups in total. The van der Waals surface area contributed by atoms with Crippen LogP contribution in [0.3, 0.4) is 0 Å². The van der Waals surface area contributed by atoms with Gasteiger partial charge in [-0.3, -0.25) is 0 Å². The minimum atomic E-state index is -0.498. The predicted molar refractivity (Wildman–Crippen MR) is 99.8 cm³/mol. The van der Waals surface area contributed by atoms with Gasteiger partial charge in [0.25, 0.3) is 0 Å². The van der Waals surface area contributed by atoms with Crippen LogP contribution in [0.4, 0.5) is 10.5 Å². The first kappa shape index (κ1) is 18.6. The Morgan fingerprint density at radius 1 is 1.04 bits per heavy atom. The van der Waals surface area contributed by atoms with Crippen LogP contribution >= 0.6 is 0 Å². The summed E-state index contributed by atoms with van der Waals surface area (Å²) in [7, 11) is 1.67. The summed E-state index contributed by atoms with van der Waals surface area (Å²) in [5, 5.41) is 6.14. The highest BCUT2D eigenvalue weighted by molar-refractivity contribution is 5.67. The molecule has 2 aromatic carbocycles. The third-order valence-corrected chi connectivity index (χ3v) is 3.44. The lowest BCUT2D eigenvalue weighted by molar-refractivity contribution is 0.0523. The van der Waals surface area contributed by atoms with Crippen molar-refractivity contribution in [1.29, 1.82) is 0 Å². The lowest BCUT2D eigenvalue weighted by Gasteiger charge is -2.19. The van der Waals surface area contributed by atoms with E-state index in [1.165, 1.54) is 0 Å². The van der Waals surface area contributed by atoms with Crippen LogP contribution in [0, 0.1) is 0 Å². The number of anilines is 1. The van der Waals surface area contributed by atoms with Gasteiger partial charge in [-0.2, -0.15) is 0 Å². The van der Waals surface area contributed by atoms with Gasteiger partial charge < -0.3 is 20.1 Å². The molecule has 0 bridgehead atoms. The molecule has 0 saturated carbocycles. The van der Waals surface area contributed by atoms with Crippen molar-refractivity contribution in [2.75, 3.05) is 12.4 Å². The van der Waals surface area contributed by atoms with E-state index in [4.69, 9.17) is 9.47 Å². The second kappa shape index (κ2) is 8.42. The highest BCUT2D eigenvalue weighted by atomic mass is 16.6. The van der Waals surface area contributed by atoms with Crippen LogP contribution in [-0.2, 0) is 17.8 Å². The molecule has 0 aliphatic rings. The minimum absolute atomic E-state index is 0.416. The largest absolute Gasteiger partial charge is 0.496 e. The normalized spacial score (nSPS) is 10.9. The fourth-order valence-corrected chi connectivity index (χ4v) is 2.33. The van der Waals surface area contributed by atoms with Crippen molar-refractivity contribution in [3.8, 4) is 5.75 Å². The van der Waals surface area contributed by atoms with Gasteiger partial charge in [-0.25, -0.2) is 4.79 Å². The number of amides is 1. The molecule has 0 spiro atoms. The molecule has 0 unspecified atom stereocenters. The predicted octanol–water partition coefficient (Wildman–Crippen LogP) is 4.33. The smallest absolute Gasteiger partial charge is 0.407 e. The molecule has 5 heteroatoms. The average molecular weight is 342 g/mol. The van der Waals surface area contributed by atoms with Crippen LogP contribution in [0.1, 0.15) is 31.9 Å². The zero-order valence-corrected chi connectivity index (χ0v) is 15.3. The molecule has 0 fully saturated rings. The number of nitrogens with one attached hydrogen (secondary N) is 2. The Morgan fingerprint density at radius 2 is 1.80 bits per heavy atom. The van der Waals surface area contributed by atoms with Gasteiger partial charge in [0.1, 0.15) is 11.4 Å². The summed E-state index contributed by atoms with van der Waals surface area (Å²) in [6.45, 7) is 6.60. The topological polar surface area (TPSA) is 59.6 Å². The molecule has 2 rings (SSSR count). The van der Waals surface area contributed by atoms with E-state index in [-0.39, 0.29) is 0 Å². The van der Waals surface area contributed by atoms with E-state index in [9.17, 15) is 4.79 Å². The molecule has 0 aliphatic carbocycles. The molecule has 5 nitrogen and oxygen atoms in total. The SMILES string of the molecule is COc1ccccc1CNc1cccc(CNC(=O)OC(C)(C)C)c1. The number of benzene rings is 2.